The molecule has 0 aromatic heterocycles. The highest BCUT2D eigenvalue weighted by Gasteiger charge is 2.14. The summed E-state index contributed by atoms with van der Waals surface area (Å²) in [6, 6.07) is 19.4. The lowest BCUT2D eigenvalue weighted by atomic mass is 9.97. The summed E-state index contributed by atoms with van der Waals surface area (Å²) in [6.45, 7) is 4.01. The summed E-state index contributed by atoms with van der Waals surface area (Å²) in [4.78, 5) is 12.2. The molecule has 0 aliphatic rings. The van der Waals surface area contributed by atoms with Gasteiger partial charge in [0.2, 0.25) is 5.91 Å². The molecule has 22 heavy (non-hydrogen) atoms. The monoisotopic (exact) mass is 292 g/mol. The standard InChI is InChI=1S/C19H20N2O/c1-14(17-6-4-3-5-7-17)12-19(22)21-15(2)18-10-8-16(13-20)9-11-18/h3-11,14-15H,12H2,1-2H3,(H,21,22). The van der Waals surface area contributed by atoms with E-state index in [0.717, 1.165) is 5.56 Å². The van der Waals surface area contributed by atoms with Crippen LogP contribution in [0.2, 0.25) is 0 Å². The van der Waals surface area contributed by atoms with E-state index in [4.69, 9.17) is 5.26 Å². The van der Waals surface area contributed by atoms with Crippen LogP contribution in [0.3, 0.4) is 0 Å². The second-order valence-corrected chi connectivity index (χ2v) is 5.54. The SMILES string of the molecule is CC(CC(=O)NC(C)c1ccc(C#N)cc1)c1ccccc1. The second kappa shape index (κ2) is 7.42. The molecule has 2 rings (SSSR count). The number of benzene rings is 2. The van der Waals surface area contributed by atoms with Gasteiger partial charge in [0.1, 0.15) is 0 Å². The minimum atomic E-state index is -0.0665. The van der Waals surface area contributed by atoms with Crippen molar-refractivity contribution in [2.24, 2.45) is 0 Å². The Hall–Kier alpha value is -2.60. The number of nitrogens with one attached hydrogen (secondary N) is 1. The molecule has 0 heterocycles. The van der Waals surface area contributed by atoms with Gasteiger partial charge in [-0.2, -0.15) is 5.26 Å². The fourth-order valence-corrected chi connectivity index (χ4v) is 2.41. The normalized spacial score (nSPS) is 13.0. The summed E-state index contributed by atoms with van der Waals surface area (Å²) < 4.78 is 0. The van der Waals surface area contributed by atoms with Gasteiger partial charge in [-0.25, -0.2) is 0 Å². The van der Waals surface area contributed by atoms with Gasteiger partial charge in [-0.3, -0.25) is 4.79 Å². The molecule has 2 aromatic rings. The number of nitrogens with zero attached hydrogens (tertiary/aromatic N) is 1. The molecule has 0 spiro atoms. The van der Waals surface area contributed by atoms with Crippen molar-refractivity contribution in [3.63, 3.8) is 0 Å². The van der Waals surface area contributed by atoms with Crippen molar-refractivity contribution in [3.05, 3.63) is 71.3 Å². The number of rotatable bonds is 5. The Morgan fingerprint density at radius 2 is 1.68 bits per heavy atom. The first-order chi connectivity index (χ1) is 10.6. The molecule has 112 valence electrons. The molecule has 0 saturated carbocycles. The van der Waals surface area contributed by atoms with E-state index in [-0.39, 0.29) is 17.9 Å². The van der Waals surface area contributed by atoms with E-state index in [0.29, 0.717) is 12.0 Å². The molecule has 1 N–H and O–H groups in total. The largest absolute Gasteiger partial charge is 0.350 e. The highest BCUT2D eigenvalue weighted by Crippen LogP contribution is 2.19. The first-order valence-corrected chi connectivity index (χ1v) is 7.44. The molecule has 3 heteroatoms. The fourth-order valence-electron chi connectivity index (χ4n) is 2.41. The molecule has 0 bridgehead atoms. The molecular formula is C19H20N2O. The zero-order chi connectivity index (χ0) is 15.9. The third kappa shape index (κ3) is 4.20. The Bertz CT molecular complexity index is 656. The van der Waals surface area contributed by atoms with Gasteiger partial charge in [-0.1, -0.05) is 49.4 Å². The highest BCUT2D eigenvalue weighted by atomic mass is 16.1. The lowest BCUT2D eigenvalue weighted by Gasteiger charge is -2.17. The molecule has 0 fully saturated rings. The first kappa shape index (κ1) is 15.8. The summed E-state index contributed by atoms with van der Waals surface area (Å²) in [5, 5.41) is 11.8. The van der Waals surface area contributed by atoms with Crippen LogP contribution >= 0.6 is 0 Å². The number of carbonyl (C=O) groups excluding carboxylic acids is 1. The Kier molecular flexibility index (Phi) is 5.32. The predicted molar refractivity (Wildman–Crippen MR) is 87.2 cm³/mol. The summed E-state index contributed by atoms with van der Waals surface area (Å²) in [5.74, 6) is 0.225. The van der Waals surface area contributed by atoms with Crippen LogP contribution in [-0.2, 0) is 4.79 Å². The fraction of sp³-hybridized carbons (Fsp3) is 0.263. The van der Waals surface area contributed by atoms with Gasteiger partial charge in [0.05, 0.1) is 17.7 Å². The van der Waals surface area contributed by atoms with Gasteiger partial charge in [-0.15, -0.1) is 0 Å². The number of nitriles is 1. The van der Waals surface area contributed by atoms with Gasteiger partial charge in [0.25, 0.3) is 0 Å². The first-order valence-electron chi connectivity index (χ1n) is 7.44. The van der Waals surface area contributed by atoms with Gasteiger partial charge in [0.15, 0.2) is 0 Å². The third-order valence-corrected chi connectivity index (χ3v) is 3.78. The minimum Gasteiger partial charge on any atom is -0.350 e. The van der Waals surface area contributed by atoms with Crippen LogP contribution in [0.1, 0.15) is 48.9 Å². The lowest BCUT2D eigenvalue weighted by molar-refractivity contribution is -0.122. The van der Waals surface area contributed by atoms with Crippen LogP contribution in [0.5, 0.6) is 0 Å². The molecule has 2 atom stereocenters. The molecule has 0 radical (unpaired) electrons. The predicted octanol–water partition coefficient (Wildman–Crippen LogP) is 3.93. The summed E-state index contributed by atoms with van der Waals surface area (Å²) in [5.41, 5.74) is 2.79. The van der Waals surface area contributed by atoms with E-state index in [9.17, 15) is 4.79 Å². The zero-order valence-corrected chi connectivity index (χ0v) is 12.9. The number of amides is 1. The average molecular weight is 292 g/mol. The van der Waals surface area contributed by atoms with E-state index in [2.05, 4.69) is 18.3 Å². The van der Waals surface area contributed by atoms with Crippen molar-refractivity contribution < 1.29 is 4.79 Å². The molecule has 2 aromatic carbocycles. The van der Waals surface area contributed by atoms with Crippen LogP contribution in [0.15, 0.2) is 54.6 Å². The Labute approximate surface area is 131 Å². The Morgan fingerprint density at radius 3 is 2.27 bits per heavy atom. The van der Waals surface area contributed by atoms with Gasteiger partial charge >= 0.3 is 0 Å². The van der Waals surface area contributed by atoms with Crippen molar-refractivity contribution in [2.45, 2.75) is 32.2 Å². The molecule has 0 aliphatic carbocycles. The van der Waals surface area contributed by atoms with E-state index >= 15 is 0 Å². The molecule has 2 unspecified atom stereocenters. The number of hydrogen-bond acceptors (Lipinski definition) is 2. The Morgan fingerprint density at radius 1 is 1.05 bits per heavy atom. The maximum Gasteiger partial charge on any atom is 0.221 e. The topological polar surface area (TPSA) is 52.9 Å². The van der Waals surface area contributed by atoms with Crippen LogP contribution in [0.25, 0.3) is 0 Å². The lowest BCUT2D eigenvalue weighted by Crippen LogP contribution is -2.27. The third-order valence-electron chi connectivity index (χ3n) is 3.78. The van der Waals surface area contributed by atoms with Gasteiger partial charge < -0.3 is 5.32 Å². The molecule has 0 saturated heterocycles. The second-order valence-electron chi connectivity index (χ2n) is 5.54. The molecule has 0 aliphatic heterocycles. The van der Waals surface area contributed by atoms with Crippen LogP contribution in [0.4, 0.5) is 0 Å². The molecular weight excluding hydrogens is 272 g/mol. The van der Waals surface area contributed by atoms with E-state index in [1.54, 1.807) is 12.1 Å². The summed E-state index contributed by atoms with van der Waals surface area (Å²) in [6.07, 6.45) is 0.463. The van der Waals surface area contributed by atoms with Crippen molar-refractivity contribution in [1.29, 1.82) is 5.26 Å². The van der Waals surface area contributed by atoms with E-state index in [1.165, 1.54) is 5.56 Å². The van der Waals surface area contributed by atoms with Crippen molar-refractivity contribution >= 4 is 5.91 Å². The smallest absolute Gasteiger partial charge is 0.221 e. The van der Waals surface area contributed by atoms with Crippen LogP contribution < -0.4 is 5.32 Å². The van der Waals surface area contributed by atoms with E-state index < -0.39 is 0 Å². The maximum atomic E-state index is 12.2. The van der Waals surface area contributed by atoms with Crippen molar-refractivity contribution in [2.75, 3.05) is 0 Å². The highest BCUT2D eigenvalue weighted by molar-refractivity contribution is 5.77. The summed E-state index contributed by atoms with van der Waals surface area (Å²) in [7, 11) is 0. The molecule has 3 nitrogen and oxygen atoms in total. The number of carbonyl (C=O) groups is 1. The Balaban J connectivity index is 1.92. The number of hydrogen-bond donors (Lipinski definition) is 1. The van der Waals surface area contributed by atoms with Gasteiger partial charge in [-0.05, 0) is 36.1 Å². The quantitative estimate of drug-likeness (QED) is 0.907. The van der Waals surface area contributed by atoms with Crippen molar-refractivity contribution in [1.82, 2.24) is 5.32 Å². The van der Waals surface area contributed by atoms with E-state index in [1.807, 2.05) is 49.4 Å². The van der Waals surface area contributed by atoms with Crippen LogP contribution in [0, 0.1) is 11.3 Å². The van der Waals surface area contributed by atoms with Crippen LogP contribution in [-0.4, -0.2) is 5.91 Å². The van der Waals surface area contributed by atoms with Gasteiger partial charge in [0, 0.05) is 6.42 Å². The van der Waals surface area contributed by atoms with Crippen molar-refractivity contribution in [3.8, 4) is 6.07 Å². The maximum absolute atomic E-state index is 12.2. The summed E-state index contributed by atoms with van der Waals surface area (Å²) >= 11 is 0. The molecule has 1 amide bonds. The minimum absolute atomic E-state index is 0.0354. The zero-order valence-electron chi connectivity index (χ0n) is 12.9. The average Bonchev–Trinajstić information content (AvgIpc) is 2.55.